The molecule has 4 heavy (non-hydrogen) atoms. The average molecular weight is 139 g/mol. The molecule has 0 aliphatic heterocycles. The Morgan fingerprint density at radius 1 is 1.75 bits per heavy atom. The summed E-state index contributed by atoms with van der Waals surface area (Å²) in [6.45, 7) is 0. The Balaban J connectivity index is 0. The third kappa shape index (κ3) is 116. The van der Waals surface area contributed by atoms with Gasteiger partial charge in [-0.1, -0.05) is 0 Å². The topological polar surface area (TPSA) is 49.9 Å². The van der Waals surface area contributed by atoms with Crippen molar-refractivity contribution in [1.82, 2.24) is 0 Å². The van der Waals surface area contributed by atoms with Gasteiger partial charge < -0.3 is 17.5 Å². The van der Waals surface area contributed by atoms with Crippen molar-refractivity contribution in [2.24, 2.45) is 5.73 Å². The predicted octanol–water partition coefficient (Wildman–Crippen LogP) is -0.573. The van der Waals surface area contributed by atoms with Crippen LogP contribution >= 0.6 is 0 Å². The molecular weight excluding hydrogens is 136 g/mol. The van der Waals surface area contributed by atoms with Crippen molar-refractivity contribution in [3.63, 3.8) is 0 Å². The fourth-order valence-corrected chi connectivity index (χ4v) is 0. The van der Waals surface area contributed by atoms with Gasteiger partial charge >= 0.3 is 0 Å². The number of hydrogen-bond acceptors (Lipinski definition) is 1. The quantitative estimate of drug-likeness (QED) is 0.152. The summed E-state index contributed by atoms with van der Waals surface area (Å²) in [6, 6.07) is 0. The second-order valence-electron chi connectivity index (χ2n) is 0.144. The van der Waals surface area contributed by atoms with E-state index in [0.717, 1.165) is 0 Å². The van der Waals surface area contributed by atoms with E-state index in [1.807, 2.05) is 0 Å². The van der Waals surface area contributed by atoms with Gasteiger partial charge in [0.05, 0.1) is 0 Å². The maximum atomic E-state index is 5.74. The summed E-state index contributed by atoms with van der Waals surface area (Å²) in [6.07, 6.45) is 1.50. The van der Waals surface area contributed by atoms with Crippen LogP contribution in [0.4, 0.5) is 0 Å². The fourth-order valence-electron chi connectivity index (χ4n) is 0. The summed E-state index contributed by atoms with van der Waals surface area (Å²) < 4.78 is 0. The van der Waals surface area contributed by atoms with Crippen molar-refractivity contribution in [1.29, 1.82) is 5.41 Å². The van der Waals surface area contributed by atoms with Gasteiger partial charge in [0.2, 0.25) is 0 Å². The van der Waals surface area contributed by atoms with Crippen molar-refractivity contribution in [2.75, 3.05) is 0 Å². The zero-order chi connectivity index (χ0) is 2.71. The molecule has 3 heteroatoms. The van der Waals surface area contributed by atoms with Gasteiger partial charge in [0.25, 0.3) is 0 Å². The third-order valence-electron chi connectivity index (χ3n) is 0. The van der Waals surface area contributed by atoms with Gasteiger partial charge in [-0.15, -0.1) is 0 Å². The molecule has 0 aliphatic rings. The van der Waals surface area contributed by atoms with E-state index >= 15 is 0 Å². The molecule has 0 atom stereocenters. The molecule has 0 amide bonds. The van der Waals surface area contributed by atoms with Gasteiger partial charge in [0.15, 0.2) is 0 Å². The minimum atomic E-state index is 0. The molecule has 0 saturated carbocycles. The van der Waals surface area contributed by atoms with Crippen molar-refractivity contribution in [3.05, 3.63) is 0 Å². The molecule has 24 valence electrons. The fraction of sp³-hybridized carbons (Fsp3) is 0. The molecule has 0 unspecified atom stereocenters. The first-order valence-corrected chi connectivity index (χ1v) is 0.539. The molecule has 0 fully saturated rings. The number of nitrogens with two attached hydrogens (primary N) is 1. The summed E-state index contributed by atoms with van der Waals surface area (Å²) in [7, 11) is 0. The Kier molecular flexibility index (Phi) is 24.4. The summed E-state index contributed by atoms with van der Waals surface area (Å²) in [4.78, 5) is 0. The van der Waals surface area contributed by atoms with Crippen LogP contribution in [0.2, 0.25) is 0 Å². The molecule has 0 heterocycles. The Morgan fingerprint density at radius 3 is 1.75 bits per heavy atom. The Bertz CT molecular complexity index is 13.5. The average Bonchev–Trinajstić information content (AvgIpc) is 0.918. The number of rotatable bonds is 0. The minimum Gasteiger partial charge on any atom is -0.563 e. The summed E-state index contributed by atoms with van der Waals surface area (Å²) in [5.41, 5.74) is 4.26. The van der Waals surface area contributed by atoms with Gasteiger partial charge in [0.1, 0.15) is 0 Å². The van der Waals surface area contributed by atoms with E-state index in [1.165, 1.54) is 6.34 Å². The van der Waals surface area contributed by atoms with Crippen molar-refractivity contribution >= 4 is 6.34 Å². The standard InChI is InChI=1S/CH3N2.Mo/c2-1-3;/h(H3,2,3);/q-1;. The van der Waals surface area contributed by atoms with Crippen LogP contribution in [-0.4, -0.2) is 6.34 Å². The van der Waals surface area contributed by atoms with Gasteiger partial charge in [-0.2, -0.15) is 0 Å². The van der Waals surface area contributed by atoms with Gasteiger partial charge in [-0.3, -0.25) is 0 Å². The molecule has 0 bridgehead atoms. The molecule has 0 aliphatic carbocycles. The van der Waals surface area contributed by atoms with E-state index < -0.39 is 0 Å². The maximum absolute atomic E-state index is 5.74. The molecule has 0 spiro atoms. The SMILES string of the molecule is N=[C-]N.[Mo]. The Labute approximate surface area is 39.2 Å². The normalized spacial score (nSPS) is 3.00. The molecular formula is CH3MoN2-. The van der Waals surface area contributed by atoms with Crippen LogP contribution in [0.5, 0.6) is 0 Å². The molecule has 0 aromatic heterocycles. The van der Waals surface area contributed by atoms with Crippen LogP contribution < -0.4 is 5.73 Å². The maximum Gasteiger partial charge on any atom is 0 e. The summed E-state index contributed by atoms with van der Waals surface area (Å²) in [5.74, 6) is 0. The molecule has 0 rings (SSSR count). The van der Waals surface area contributed by atoms with Crippen molar-refractivity contribution in [3.8, 4) is 0 Å². The number of hydrogen-bond donors (Lipinski definition) is 2. The van der Waals surface area contributed by atoms with Crippen LogP contribution in [0, 0.1) is 5.41 Å². The monoisotopic (exact) mass is 141 g/mol. The van der Waals surface area contributed by atoms with E-state index in [-0.39, 0.29) is 21.1 Å². The Morgan fingerprint density at radius 2 is 1.75 bits per heavy atom. The number of nitrogens with one attached hydrogen (secondary N) is 1. The van der Waals surface area contributed by atoms with Crippen molar-refractivity contribution < 1.29 is 21.1 Å². The summed E-state index contributed by atoms with van der Waals surface area (Å²) in [5, 5.41) is 5.74. The zero-order valence-electron chi connectivity index (χ0n) is 1.99. The van der Waals surface area contributed by atoms with E-state index in [2.05, 4.69) is 5.73 Å². The Hall–Kier alpha value is 0.158. The van der Waals surface area contributed by atoms with E-state index in [1.54, 1.807) is 0 Å². The van der Waals surface area contributed by atoms with Gasteiger partial charge in [-0.05, 0) is 0 Å². The second-order valence-corrected chi connectivity index (χ2v) is 0.144. The van der Waals surface area contributed by atoms with Crippen LogP contribution in [0.1, 0.15) is 0 Å². The third-order valence-corrected chi connectivity index (χ3v) is 0. The zero-order valence-corrected chi connectivity index (χ0v) is 3.99. The van der Waals surface area contributed by atoms with E-state index in [0.29, 0.717) is 0 Å². The van der Waals surface area contributed by atoms with Gasteiger partial charge in [0, 0.05) is 21.1 Å². The first-order chi connectivity index (χ1) is 1.41. The summed E-state index contributed by atoms with van der Waals surface area (Å²) >= 11 is 0. The molecule has 0 saturated heterocycles. The van der Waals surface area contributed by atoms with Crippen LogP contribution in [0.15, 0.2) is 0 Å². The largest absolute Gasteiger partial charge is 0.563 e. The second kappa shape index (κ2) is 11.0. The van der Waals surface area contributed by atoms with E-state index in [4.69, 9.17) is 5.41 Å². The smallest absolute Gasteiger partial charge is 0 e. The van der Waals surface area contributed by atoms with Gasteiger partial charge in [-0.25, -0.2) is 0 Å². The minimum absolute atomic E-state index is 0. The van der Waals surface area contributed by atoms with Crippen LogP contribution in [0.3, 0.4) is 0 Å². The molecule has 3 N–H and O–H groups in total. The molecule has 0 radical (unpaired) electrons. The van der Waals surface area contributed by atoms with Crippen LogP contribution in [-0.2, 0) is 21.1 Å². The molecule has 2 nitrogen and oxygen atoms in total. The first kappa shape index (κ1) is 8.90. The molecule has 0 aromatic carbocycles. The predicted molar refractivity (Wildman–Crippen MR) is 11.9 cm³/mol. The first-order valence-electron chi connectivity index (χ1n) is 0.539. The van der Waals surface area contributed by atoms with Crippen LogP contribution in [0.25, 0.3) is 0 Å². The van der Waals surface area contributed by atoms with E-state index in [9.17, 15) is 0 Å². The van der Waals surface area contributed by atoms with Crippen molar-refractivity contribution in [2.45, 2.75) is 0 Å². The molecule has 0 aromatic rings.